The van der Waals surface area contributed by atoms with E-state index in [1.54, 1.807) is 0 Å². The van der Waals surface area contributed by atoms with E-state index in [4.69, 9.17) is 14.3 Å². The standard InChI is InChI=1S/C25H23N3O6/c29-22(30)21-20(34-14-27-21)12-26-23(31)25(10-5-11-25)28-24(32)33-13-19-17-8-3-1-6-15(17)16-7-2-4-9-18(16)19/h1-4,6-9,14,19H,5,10-13H2,(H,26,31)(H,28,32)(H,29,30). The number of nitrogens with zero attached hydrogens (tertiary/aromatic N) is 1. The maximum atomic E-state index is 12.9. The number of carbonyl (C=O) groups is 3. The molecule has 9 nitrogen and oxygen atoms in total. The average Bonchev–Trinajstić information content (AvgIpc) is 3.41. The molecule has 0 aliphatic heterocycles. The predicted octanol–water partition coefficient (Wildman–Crippen LogP) is 3.45. The van der Waals surface area contributed by atoms with Crippen LogP contribution in [0, 0.1) is 0 Å². The van der Waals surface area contributed by atoms with Crippen LogP contribution in [-0.4, -0.2) is 40.2 Å². The van der Waals surface area contributed by atoms with Gasteiger partial charge in [-0.3, -0.25) is 4.79 Å². The van der Waals surface area contributed by atoms with Crippen LogP contribution < -0.4 is 10.6 Å². The second-order valence-corrected chi connectivity index (χ2v) is 8.50. The number of rotatable bonds is 7. The SMILES string of the molecule is O=C(NC1(C(=O)NCc2ocnc2C(=O)O)CCC1)OCC1c2ccccc2-c2ccccc21. The zero-order valence-electron chi connectivity index (χ0n) is 18.2. The van der Waals surface area contributed by atoms with Gasteiger partial charge < -0.3 is 24.9 Å². The topological polar surface area (TPSA) is 131 Å². The van der Waals surface area contributed by atoms with Crippen molar-refractivity contribution in [2.45, 2.75) is 37.3 Å². The lowest BCUT2D eigenvalue weighted by atomic mass is 9.76. The smallest absolute Gasteiger partial charge is 0.408 e. The number of fused-ring (bicyclic) bond motifs is 3. The molecule has 0 radical (unpaired) electrons. The fourth-order valence-electron chi connectivity index (χ4n) is 4.67. The van der Waals surface area contributed by atoms with E-state index < -0.39 is 23.5 Å². The fraction of sp³-hybridized carbons (Fsp3) is 0.280. The van der Waals surface area contributed by atoms with Crippen molar-refractivity contribution in [2.24, 2.45) is 0 Å². The lowest BCUT2D eigenvalue weighted by molar-refractivity contribution is -0.131. The van der Waals surface area contributed by atoms with Gasteiger partial charge in [-0.2, -0.15) is 0 Å². The van der Waals surface area contributed by atoms with Crippen molar-refractivity contribution in [3.8, 4) is 11.1 Å². The molecule has 0 unspecified atom stereocenters. The van der Waals surface area contributed by atoms with Crippen LogP contribution in [-0.2, 0) is 16.1 Å². The first kappa shape index (κ1) is 21.7. The Balaban J connectivity index is 1.22. The number of alkyl carbamates (subject to hydrolysis) is 1. The molecule has 3 aromatic rings. The van der Waals surface area contributed by atoms with E-state index in [1.165, 1.54) is 0 Å². The molecule has 2 amide bonds. The molecule has 3 N–H and O–H groups in total. The van der Waals surface area contributed by atoms with Crippen LogP contribution in [0.5, 0.6) is 0 Å². The maximum Gasteiger partial charge on any atom is 0.408 e. The monoisotopic (exact) mass is 461 g/mol. The molecule has 1 aromatic heterocycles. The number of hydrogen-bond donors (Lipinski definition) is 3. The highest BCUT2D eigenvalue weighted by Crippen LogP contribution is 2.44. The normalized spacial score (nSPS) is 15.5. The molecule has 1 heterocycles. The summed E-state index contributed by atoms with van der Waals surface area (Å²) >= 11 is 0. The Kier molecular flexibility index (Phi) is 5.53. The number of ether oxygens (including phenoxy) is 1. The third-order valence-corrected chi connectivity index (χ3v) is 6.58. The molecule has 0 spiro atoms. The zero-order chi connectivity index (χ0) is 23.7. The van der Waals surface area contributed by atoms with Gasteiger partial charge in [-0.05, 0) is 41.5 Å². The molecule has 2 aliphatic carbocycles. The van der Waals surface area contributed by atoms with Crippen LogP contribution in [0.15, 0.2) is 59.3 Å². The number of nitrogens with one attached hydrogen (secondary N) is 2. The van der Waals surface area contributed by atoms with Crippen molar-refractivity contribution < 1.29 is 28.6 Å². The van der Waals surface area contributed by atoms with E-state index in [9.17, 15) is 14.4 Å². The van der Waals surface area contributed by atoms with Gasteiger partial charge in [0.05, 0.1) is 6.54 Å². The molecular formula is C25H23N3O6. The number of carboxylic acids is 1. The van der Waals surface area contributed by atoms with Crippen LogP contribution >= 0.6 is 0 Å². The fourth-order valence-corrected chi connectivity index (χ4v) is 4.67. The quantitative estimate of drug-likeness (QED) is 0.491. The number of carboxylic acid groups (broad SMARTS) is 1. The van der Waals surface area contributed by atoms with Crippen molar-refractivity contribution in [3.63, 3.8) is 0 Å². The molecule has 2 aromatic carbocycles. The molecular weight excluding hydrogens is 438 g/mol. The third kappa shape index (κ3) is 3.79. The van der Waals surface area contributed by atoms with Crippen molar-refractivity contribution in [3.05, 3.63) is 77.5 Å². The minimum absolute atomic E-state index is 0.0384. The van der Waals surface area contributed by atoms with Gasteiger partial charge in [0.2, 0.25) is 5.91 Å². The Morgan fingerprint density at radius 2 is 1.71 bits per heavy atom. The lowest BCUT2D eigenvalue weighted by Gasteiger charge is -2.40. The van der Waals surface area contributed by atoms with Crippen LogP contribution in [0.1, 0.15) is 52.6 Å². The first-order valence-corrected chi connectivity index (χ1v) is 11.1. The van der Waals surface area contributed by atoms with E-state index in [0.717, 1.165) is 35.1 Å². The van der Waals surface area contributed by atoms with Crippen molar-refractivity contribution in [1.82, 2.24) is 15.6 Å². The second kappa shape index (κ2) is 8.66. The van der Waals surface area contributed by atoms with Gasteiger partial charge in [0.25, 0.3) is 0 Å². The molecule has 1 saturated carbocycles. The van der Waals surface area contributed by atoms with Gasteiger partial charge in [0, 0.05) is 5.92 Å². The van der Waals surface area contributed by atoms with Gasteiger partial charge >= 0.3 is 12.1 Å². The summed E-state index contributed by atoms with van der Waals surface area (Å²) in [4.78, 5) is 40.3. The van der Waals surface area contributed by atoms with Crippen LogP contribution in [0.25, 0.3) is 11.1 Å². The number of hydrogen-bond acceptors (Lipinski definition) is 6. The van der Waals surface area contributed by atoms with Gasteiger partial charge in [-0.1, -0.05) is 48.5 Å². The molecule has 5 rings (SSSR count). The van der Waals surface area contributed by atoms with Crippen LogP contribution in [0.2, 0.25) is 0 Å². The summed E-state index contributed by atoms with van der Waals surface area (Å²) in [7, 11) is 0. The first-order valence-electron chi connectivity index (χ1n) is 11.1. The van der Waals surface area contributed by atoms with Crippen LogP contribution in [0.3, 0.4) is 0 Å². The highest BCUT2D eigenvalue weighted by Gasteiger charge is 2.46. The summed E-state index contributed by atoms with van der Waals surface area (Å²) in [5, 5.41) is 14.5. The van der Waals surface area contributed by atoms with Gasteiger partial charge in [0.1, 0.15) is 12.1 Å². The van der Waals surface area contributed by atoms with E-state index in [-0.39, 0.29) is 30.5 Å². The van der Waals surface area contributed by atoms with Gasteiger partial charge in [-0.15, -0.1) is 0 Å². The summed E-state index contributed by atoms with van der Waals surface area (Å²) in [6.45, 7) is 0.00613. The van der Waals surface area contributed by atoms with E-state index >= 15 is 0 Å². The number of aromatic carboxylic acids is 1. The minimum Gasteiger partial charge on any atom is -0.476 e. The molecule has 9 heteroatoms. The number of carbonyl (C=O) groups excluding carboxylic acids is 2. The molecule has 0 atom stereocenters. The van der Waals surface area contributed by atoms with Crippen molar-refractivity contribution >= 4 is 18.0 Å². The van der Waals surface area contributed by atoms with Gasteiger partial charge in [0.15, 0.2) is 17.8 Å². The summed E-state index contributed by atoms with van der Waals surface area (Å²) in [6, 6.07) is 16.1. The summed E-state index contributed by atoms with van der Waals surface area (Å²) in [6.07, 6.45) is 2.05. The van der Waals surface area contributed by atoms with E-state index in [1.807, 2.05) is 36.4 Å². The average molecular weight is 461 g/mol. The minimum atomic E-state index is -1.24. The Labute approximate surface area is 195 Å². The van der Waals surface area contributed by atoms with Crippen molar-refractivity contribution in [1.29, 1.82) is 0 Å². The summed E-state index contributed by atoms with van der Waals surface area (Å²) in [5.74, 6) is -1.70. The third-order valence-electron chi connectivity index (χ3n) is 6.58. The zero-order valence-corrected chi connectivity index (χ0v) is 18.2. The predicted molar refractivity (Wildman–Crippen MR) is 120 cm³/mol. The van der Waals surface area contributed by atoms with E-state index in [2.05, 4.69) is 27.8 Å². The summed E-state index contributed by atoms with van der Waals surface area (Å²) < 4.78 is 10.6. The van der Waals surface area contributed by atoms with Gasteiger partial charge in [-0.25, -0.2) is 14.6 Å². The molecule has 1 fully saturated rings. The lowest BCUT2D eigenvalue weighted by Crippen LogP contribution is -2.62. The Morgan fingerprint density at radius 1 is 1.06 bits per heavy atom. The largest absolute Gasteiger partial charge is 0.476 e. The number of oxazole rings is 1. The molecule has 0 saturated heterocycles. The Hall–Kier alpha value is -4.14. The highest BCUT2D eigenvalue weighted by molar-refractivity contribution is 5.91. The molecule has 0 bridgehead atoms. The van der Waals surface area contributed by atoms with Crippen molar-refractivity contribution in [2.75, 3.05) is 6.61 Å². The first-order chi connectivity index (χ1) is 16.5. The Bertz CT molecular complexity index is 1220. The van der Waals surface area contributed by atoms with Crippen LogP contribution in [0.4, 0.5) is 4.79 Å². The second-order valence-electron chi connectivity index (χ2n) is 8.50. The highest BCUT2D eigenvalue weighted by atomic mass is 16.5. The maximum absolute atomic E-state index is 12.9. The number of aromatic nitrogens is 1. The Morgan fingerprint density at radius 3 is 2.29 bits per heavy atom. The number of benzene rings is 2. The molecule has 174 valence electrons. The molecule has 2 aliphatic rings. The molecule has 34 heavy (non-hydrogen) atoms. The number of amides is 2. The van der Waals surface area contributed by atoms with E-state index in [0.29, 0.717) is 12.8 Å². The summed E-state index contributed by atoms with van der Waals surface area (Å²) in [5.41, 5.74) is 3.13.